The van der Waals surface area contributed by atoms with Gasteiger partial charge in [-0.15, -0.1) is 0 Å². The van der Waals surface area contributed by atoms with Crippen molar-refractivity contribution < 1.29 is 71.1 Å². The van der Waals surface area contributed by atoms with Crippen LogP contribution in [0.1, 0.15) is 97.1 Å². The van der Waals surface area contributed by atoms with Gasteiger partial charge in [-0.05, 0) is 144 Å². The van der Waals surface area contributed by atoms with E-state index in [-0.39, 0.29) is 61.1 Å². The summed E-state index contributed by atoms with van der Waals surface area (Å²) in [4.78, 5) is 74.7. The minimum Gasteiger partial charge on any atom is -0.497 e. The van der Waals surface area contributed by atoms with Crippen molar-refractivity contribution in [2.75, 3.05) is 54.7 Å². The van der Waals surface area contributed by atoms with Gasteiger partial charge in [0.15, 0.2) is 23.0 Å². The number of benzene rings is 7. The molecule has 21 nitrogen and oxygen atoms in total. The maximum atomic E-state index is 12.7. The highest BCUT2D eigenvalue weighted by Crippen LogP contribution is 2.34. The molecule has 6 N–H and O–H groups in total. The van der Waals surface area contributed by atoms with Gasteiger partial charge in [-0.25, -0.2) is 0 Å². The molecule has 0 unspecified atom stereocenters. The van der Waals surface area contributed by atoms with Gasteiger partial charge in [-0.2, -0.15) is 0 Å². The van der Waals surface area contributed by atoms with Gasteiger partial charge in [-0.3, -0.25) is 28.8 Å². The zero-order valence-corrected chi connectivity index (χ0v) is 48.4. The number of carbonyl (C=O) groups is 6. The monoisotopic (exact) mass is 1180 g/mol. The van der Waals surface area contributed by atoms with Crippen molar-refractivity contribution in [3.8, 4) is 40.2 Å². The number of amides is 6. The molecule has 0 radical (unpaired) electrons. The highest BCUT2D eigenvalue weighted by Gasteiger charge is 2.19. The van der Waals surface area contributed by atoms with Crippen LogP contribution < -0.4 is 65.1 Å². The lowest BCUT2D eigenvalue weighted by Gasteiger charge is -2.12. The third-order valence-corrected chi connectivity index (χ3v) is 13.2. The first-order valence-corrected chi connectivity index (χ1v) is 27.6. The molecule has 0 bridgehead atoms. The summed E-state index contributed by atoms with van der Waals surface area (Å²) in [5.74, 6) is 3.63. The Morgan fingerprint density at radius 3 is 1.28 bits per heavy atom. The van der Waals surface area contributed by atoms with Gasteiger partial charge >= 0.3 is 0 Å². The van der Waals surface area contributed by atoms with Gasteiger partial charge in [0.2, 0.25) is 13.6 Å². The van der Waals surface area contributed by atoms with Gasteiger partial charge in [0.1, 0.15) is 23.0 Å². The molecule has 0 saturated heterocycles. The minimum absolute atomic E-state index is 0.196. The molecule has 2 aliphatic heterocycles. The molecule has 0 spiro atoms. The fourth-order valence-corrected chi connectivity index (χ4v) is 8.52. The van der Waals surface area contributed by atoms with Crippen molar-refractivity contribution >= 4 is 35.4 Å². The number of nitrogens with one attached hydrogen (secondary N) is 6. The molecule has 0 saturated carbocycles. The normalized spacial score (nSPS) is 11.3. The summed E-state index contributed by atoms with van der Waals surface area (Å²) >= 11 is 0. The number of fused-ring (bicyclic) bond motifs is 2. The molecule has 6 amide bonds. The molecule has 0 atom stereocenters. The van der Waals surface area contributed by atoms with E-state index >= 15 is 0 Å². The number of hydrogen-bond acceptors (Lipinski definition) is 15. The van der Waals surface area contributed by atoms with Crippen molar-refractivity contribution in [1.29, 1.82) is 0 Å². The van der Waals surface area contributed by atoms with Crippen LogP contribution in [0.2, 0.25) is 0 Å². The van der Waals surface area contributed by atoms with Crippen molar-refractivity contribution in [1.82, 2.24) is 31.9 Å². The molecule has 3 heterocycles. The average Bonchev–Trinajstić information content (AvgIpc) is 4.05. The molecule has 450 valence electrons. The number of ether oxygens (including phenoxy) is 8. The lowest BCUT2D eigenvalue weighted by Crippen LogP contribution is -2.28. The fourth-order valence-electron chi connectivity index (χ4n) is 8.52. The Kier molecular flexibility index (Phi) is 22.7. The van der Waals surface area contributed by atoms with Gasteiger partial charge < -0.3 is 74.2 Å². The van der Waals surface area contributed by atoms with E-state index in [2.05, 4.69) is 31.9 Å². The Morgan fingerprint density at radius 2 is 0.828 bits per heavy atom. The van der Waals surface area contributed by atoms with Crippen LogP contribution in [0.15, 0.2) is 174 Å². The van der Waals surface area contributed by atoms with Gasteiger partial charge in [-0.1, -0.05) is 48.5 Å². The molecule has 2 aliphatic rings. The average molecular weight is 1180 g/mol. The van der Waals surface area contributed by atoms with Gasteiger partial charge in [0, 0.05) is 67.1 Å². The zero-order valence-electron chi connectivity index (χ0n) is 48.4. The second-order valence-corrected chi connectivity index (χ2v) is 19.1. The molecule has 8 aromatic rings. The van der Waals surface area contributed by atoms with Crippen molar-refractivity contribution in [2.24, 2.45) is 0 Å². The summed E-state index contributed by atoms with van der Waals surface area (Å²) in [5.41, 5.74) is 6.00. The van der Waals surface area contributed by atoms with E-state index in [1.54, 1.807) is 99.3 Å². The molecular formula is C66H66N6O15. The predicted molar refractivity (Wildman–Crippen MR) is 320 cm³/mol. The summed E-state index contributed by atoms with van der Waals surface area (Å²) < 4.78 is 47.2. The standard InChI is InChI=1S/C24H24N2O4.C21H24N2O6.C21H18N2O5/c1-29-21-10-6-17(7-11-21)15-25-23(27)19-4-3-5-20(14-19)24(28)26-16-18-8-12-22(30-2)13-9-18;1-3-27-9-8-22-20(24)15-5-7-17(26-2)16(11-15)21(25)23-12-14-4-6-18-19(10-14)29-13-28-18;24-20(22-11-14-6-7-18-19(9-14)28-13-27-18)15-3-1-4-16(10-15)21(25)23-12-17-5-2-8-26-17/h3-14H,15-16H2,1-2H3,(H,25,27)(H,26,28);4-7,10-11H,3,8-9,12-13H2,1-2H3,(H,22,24)(H,23,25);1-10H,11-13H2,(H,22,24)(H,23,25). The first-order valence-electron chi connectivity index (χ1n) is 27.6. The predicted octanol–water partition coefficient (Wildman–Crippen LogP) is 8.55. The maximum Gasteiger partial charge on any atom is 0.255 e. The highest BCUT2D eigenvalue weighted by molar-refractivity contribution is 6.02. The molecular weight excluding hydrogens is 1120 g/mol. The van der Waals surface area contributed by atoms with Crippen LogP contribution in [-0.4, -0.2) is 90.1 Å². The largest absolute Gasteiger partial charge is 0.497 e. The third-order valence-electron chi connectivity index (χ3n) is 13.2. The summed E-state index contributed by atoms with van der Waals surface area (Å²) in [5, 5.41) is 16.9. The smallest absolute Gasteiger partial charge is 0.255 e. The number of methoxy groups -OCH3 is 3. The van der Waals surface area contributed by atoms with E-state index in [4.69, 9.17) is 42.3 Å². The summed E-state index contributed by atoms with van der Waals surface area (Å²) in [7, 11) is 4.69. The Labute approximate surface area is 502 Å². The topological polar surface area (TPSA) is 262 Å². The SMILES string of the molecule is CCOCCNC(=O)c1ccc(OC)c(C(=O)NCc2ccc3c(c2)OCO3)c1.COc1ccc(CNC(=O)c2cccc(C(=O)NCc3ccc(OC)cc3)c2)cc1.O=C(NCc1ccc2c(c1)OCO2)c1cccc(C(=O)NCc2ccco2)c1. The first-order chi connectivity index (χ1) is 42.4. The second-order valence-electron chi connectivity index (χ2n) is 19.1. The molecule has 0 fully saturated rings. The molecule has 21 heteroatoms. The number of furan rings is 1. The van der Waals surface area contributed by atoms with E-state index in [1.165, 1.54) is 13.2 Å². The quantitative estimate of drug-likeness (QED) is 0.0328. The molecule has 1 aromatic heterocycles. The van der Waals surface area contributed by atoms with Crippen LogP contribution >= 0.6 is 0 Å². The van der Waals surface area contributed by atoms with E-state index in [1.807, 2.05) is 85.8 Å². The van der Waals surface area contributed by atoms with Crippen LogP contribution in [-0.2, 0) is 37.5 Å². The van der Waals surface area contributed by atoms with E-state index in [9.17, 15) is 28.8 Å². The Bertz CT molecular complexity index is 3550. The Hall–Kier alpha value is -10.8. The van der Waals surface area contributed by atoms with Crippen LogP contribution in [0.25, 0.3) is 0 Å². The highest BCUT2D eigenvalue weighted by atomic mass is 16.7. The van der Waals surface area contributed by atoms with E-state index in [0.29, 0.717) is 108 Å². The van der Waals surface area contributed by atoms with Gasteiger partial charge in [0.25, 0.3) is 35.4 Å². The molecule has 87 heavy (non-hydrogen) atoms. The summed E-state index contributed by atoms with van der Waals surface area (Å²) in [6.07, 6.45) is 1.55. The van der Waals surface area contributed by atoms with E-state index in [0.717, 1.165) is 33.8 Å². The van der Waals surface area contributed by atoms with E-state index < -0.39 is 0 Å². The fraction of sp³-hybridized carbons (Fsp3) is 0.212. The molecule has 10 rings (SSSR count). The summed E-state index contributed by atoms with van der Waals surface area (Å²) in [6, 6.07) is 47.4. The van der Waals surface area contributed by atoms with Crippen LogP contribution in [0.4, 0.5) is 0 Å². The lowest BCUT2D eigenvalue weighted by atomic mass is 10.1. The minimum atomic E-state index is -0.344. The van der Waals surface area contributed by atoms with Crippen LogP contribution in [0, 0.1) is 0 Å². The van der Waals surface area contributed by atoms with Crippen LogP contribution in [0.5, 0.6) is 40.2 Å². The Balaban J connectivity index is 0.000000169. The van der Waals surface area contributed by atoms with Crippen LogP contribution in [0.3, 0.4) is 0 Å². The number of hydrogen-bond donors (Lipinski definition) is 6. The summed E-state index contributed by atoms with van der Waals surface area (Å²) in [6.45, 7) is 5.40. The zero-order chi connectivity index (χ0) is 61.3. The lowest BCUT2D eigenvalue weighted by molar-refractivity contribution is 0.0917. The van der Waals surface area contributed by atoms with Crippen molar-refractivity contribution in [3.63, 3.8) is 0 Å². The molecule has 7 aromatic carbocycles. The number of carbonyl (C=O) groups excluding carboxylic acids is 6. The number of rotatable bonds is 23. The molecule has 0 aliphatic carbocycles. The maximum absolute atomic E-state index is 12.7. The second kappa shape index (κ2) is 31.7. The third kappa shape index (κ3) is 18.3. The van der Waals surface area contributed by atoms with Gasteiger partial charge in [0.05, 0.1) is 46.3 Å². The van der Waals surface area contributed by atoms with Crippen molar-refractivity contribution in [2.45, 2.75) is 39.6 Å². The first kappa shape index (κ1) is 62.3. The van der Waals surface area contributed by atoms with Crippen molar-refractivity contribution in [3.05, 3.63) is 231 Å². The Morgan fingerprint density at radius 1 is 0.402 bits per heavy atom.